The van der Waals surface area contributed by atoms with Gasteiger partial charge in [-0.2, -0.15) is 4.72 Å². The molecule has 2 saturated heterocycles. The number of carbonyl (C=O) groups excluding carboxylic acids is 2. The van der Waals surface area contributed by atoms with E-state index in [-0.39, 0.29) is 23.3 Å². The number of hydrogen-bond acceptors (Lipinski definition) is 4. The summed E-state index contributed by atoms with van der Waals surface area (Å²) in [7, 11) is -3.81. The lowest BCUT2D eigenvalue weighted by Crippen LogP contribution is -2.54. The van der Waals surface area contributed by atoms with Gasteiger partial charge in [-0.15, -0.1) is 0 Å². The molecule has 9 heteroatoms. The molecule has 1 aromatic rings. The van der Waals surface area contributed by atoms with Gasteiger partial charge in [-0.25, -0.2) is 8.42 Å². The van der Waals surface area contributed by atoms with Crippen LogP contribution < -0.4 is 4.72 Å². The monoisotopic (exact) mass is 443 g/mol. The zero-order valence-electron chi connectivity index (χ0n) is 14.4. The fraction of sp³-hybridized carbons (Fsp3) is 0.529. The van der Waals surface area contributed by atoms with Gasteiger partial charge >= 0.3 is 0 Å². The van der Waals surface area contributed by atoms with Gasteiger partial charge in [-0.1, -0.05) is 22.0 Å². The van der Waals surface area contributed by atoms with Crippen molar-refractivity contribution in [1.29, 1.82) is 0 Å². The molecule has 142 valence electrons. The molecule has 7 nitrogen and oxygen atoms in total. The number of piperidine rings is 1. The van der Waals surface area contributed by atoms with Crippen molar-refractivity contribution in [2.75, 3.05) is 26.2 Å². The summed E-state index contributed by atoms with van der Waals surface area (Å²) in [4.78, 5) is 28.3. The Labute approximate surface area is 161 Å². The predicted octanol–water partition coefficient (Wildman–Crippen LogP) is 1.34. The fourth-order valence-electron chi connectivity index (χ4n) is 3.33. The number of sulfonamides is 1. The summed E-state index contributed by atoms with van der Waals surface area (Å²) in [6, 6.07) is 5.50. The number of benzene rings is 1. The van der Waals surface area contributed by atoms with Crippen LogP contribution >= 0.6 is 15.9 Å². The zero-order valence-corrected chi connectivity index (χ0v) is 16.8. The number of carbonyl (C=O) groups is 2. The molecule has 0 aromatic heterocycles. The summed E-state index contributed by atoms with van der Waals surface area (Å²) in [6.07, 6.45) is 3.08. The molecule has 0 aliphatic carbocycles. The van der Waals surface area contributed by atoms with E-state index in [1.165, 1.54) is 17.0 Å². The first-order valence-electron chi connectivity index (χ1n) is 8.71. The minimum absolute atomic E-state index is 0.0218. The van der Waals surface area contributed by atoms with Crippen LogP contribution in [0.15, 0.2) is 33.6 Å². The van der Waals surface area contributed by atoms with Gasteiger partial charge in [0.15, 0.2) is 0 Å². The van der Waals surface area contributed by atoms with Crippen molar-refractivity contribution in [1.82, 2.24) is 14.5 Å². The van der Waals surface area contributed by atoms with E-state index in [1.807, 2.05) is 0 Å². The lowest BCUT2D eigenvalue weighted by Gasteiger charge is -2.33. The van der Waals surface area contributed by atoms with Gasteiger partial charge in [0.2, 0.25) is 21.8 Å². The predicted molar refractivity (Wildman–Crippen MR) is 99.9 cm³/mol. The molecular weight excluding hydrogens is 422 g/mol. The Hall–Kier alpha value is -1.45. The Morgan fingerprint density at radius 3 is 2.62 bits per heavy atom. The quantitative estimate of drug-likeness (QED) is 0.743. The second-order valence-electron chi connectivity index (χ2n) is 6.62. The molecule has 0 radical (unpaired) electrons. The molecule has 0 bridgehead atoms. The maximum absolute atomic E-state index is 12.7. The van der Waals surface area contributed by atoms with Crippen LogP contribution in [-0.2, 0) is 19.6 Å². The second-order valence-corrected chi connectivity index (χ2v) is 9.25. The van der Waals surface area contributed by atoms with E-state index in [0.717, 1.165) is 25.9 Å². The van der Waals surface area contributed by atoms with Crippen molar-refractivity contribution in [2.24, 2.45) is 0 Å². The third-order valence-corrected chi connectivity index (χ3v) is 6.68. The van der Waals surface area contributed by atoms with E-state index in [2.05, 4.69) is 20.7 Å². The topological polar surface area (TPSA) is 86.8 Å². The molecule has 1 unspecified atom stereocenters. The third kappa shape index (κ3) is 4.44. The first-order chi connectivity index (χ1) is 12.4. The maximum Gasteiger partial charge on any atom is 0.242 e. The van der Waals surface area contributed by atoms with Crippen LogP contribution in [-0.4, -0.2) is 62.3 Å². The molecule has 2 aliphatic rings. The van der Waals surface area contributed by atoms with Crippen molar-refractivity contribution < 1.29 is 18.0 Å². The lowest BCUT2D eigenvalue weighted by atomic mass is 10.1. The largest absolute Gasteiger partial charge is 0.341 e. The Balaban J connectivity index is 1.66. The first-order valence-corrected chi connectivity index (χ1v) is 11.0. The van der Waals surface area contributed by atoms with Gasteiger partial charge in [0.05, 0.1) is 11.4 Å². The SMILES string of the molecule is O=C(CN1CCCC(NS(=O)(=O)c2cccc(Br)c2)C1=O)N1CCCC1. The highest BCUT2D eigenvalue weighted by molar-refractivity contribution is 9.10. The third-order valence-electron chi connectivity index (χ3n) is 4.72. The minimum atomic E-state index is -3.81. The summed E-state index contributed by atoms with van der Waals surface area (Å²) >= 11 is 3.25. The summed E-state index contributed by atoms with van der Waals surface area (Å²) in [5.74, 6) is -0.395. The number of nitrogens with one attached hydrogen (secondary N) is 1. The molecule has 1 N–H and O–H groups in total. The number of hydrogen-bond donors (Lipinski definition) is 1. The average Bonchev–Trinajstić information content (AvgIpc) is 3.13. The van der Waals surface area contributed by atoms with Crippen molar-refractivity contribution in [3.05, 3.63) is 28.7 Å². The number of amides is 2. The van der Waals surface area contributed by atoms with Gasteiger partial charge < -0.3 is 9.80 Å². The Morgan fingerprint density at radius 1 is 1.19 bits per heavy atom. The van der Waals surface area contributed by atoms with Gasteiger partial charge in [0.1, 0.15) is 6.04 Å². The molecule has 2 amide bonds. The van der Waals surface area contributed by atoms with E-state index < -0.39 is 16.1 Å². The minimum Gasteiger partial charge on any atom is -0.341 e. The van der Waals surface area contributed by atoms with Crippen LogP contribution in [0.2, 0.25) is 0 Å². The first kappa shape index (κ1) is 19.3. The smallest absolute Gasteiger partial charge is 0.242 e. The molecule has 26 heavy (non-hydrogen) atoms. The van der Waals surface area contributed by atoms with Crippen LogP contribution in [0.5, 0.6) is 0 Å². The summed E-state index contributed by atoms with van der Waals surface area (Å²) in [6.45, 7) is 1.97. The van der Waals surface area contributed by atoms with E-state index in [0.29, 0.717) is 23.9 Å². The van der Waals surface area contributed by atoms with Crippen LogP contribution in [0.1, 0.15) is 25.7 Å². The van der Waals surface area contributed by atoms with E-state index >= 15 is 0 Å². The number of likely N-dealkylation sites (tertiary alicyclic amines) is 2. The highest BCUT2D eigenvalue weighted by atomic mass is 79.9. The molecule has 3 rings (SSSR count). The van der Waals surface area contributed by atoms with Crippen LogP contribution in [0.25, 0.3) is 0 Å². The van der Waals surface area contributed by atoms with Gasteiger partial charge in [-0.05, 0) is 43.9 Å². The van der Waals surface area contributed by atoms with Gasteiger partial charge in [0.25, 0.3) is 0 Å². The van der Waals surface area contributed by atoms with Crippen molar-refractivity contribution >= 4 is 37.8 Å². The number of nitrogens with zero attached hydrogens (tertiary/aromatic N) is 2. The molecule has 2 heterocycles. The fourth-order valence-corrected chi connectivity index (χ4v) is 5.15. The number of rotatable bonds is 5. The van der Waals surface area contributed by atoms with E-state index in [4.69, 9.17) is 0 Å². The standard InChI is InChI=1S/C17H22BrN3O4S/c18-13-5-3-6-14(11-13)26(24,25)19-15-7-4-10-21(17(15)23)12-16(22)20-8-1-2-9-20/h3,5-6,11,15,19H,1-2,4,7-10,12H2. The van der Waals surface area contributed by atoms with Crippen molar-refractivity contribution in [3.63, 3.8) is 0 Å². The highest BCUT2D eigenvalue weighted by Crippen LogP contribution is 2.19. The number of halogens is 1. The maximum atomic E-state index is 12.7. The summed E-state index contributed by atoms with van der Waals surface area (Å²) < 4.78 is 28.3. The highest BCUT2D eigenvalue weighted by Gasteiger charge is 2.34. The molecule has 1 aromatic carbocycles. The molecule has 2 aliphatic heterocycles. The molecular formula is C17H22BrN3O4S. The second kappa shape index (κ2) is 8.06. The molecule has 0 saturated carbocycles. The lowest BCUT2D eigenvalue weighted by molar-refractivity contribution is -0.142. The Kier molecular flexibility index (Phi) is 5.99. The van der Waals surface area contributed by atoms with Crippen LogP contribution in [0.3, 0.4) is 0 Å². The van der Waals surface area contributed by atoms with Crippen LogP contribution in [0, 0.1) is 0 Å². The zero-order chi connectivity index (χ0) is 18.7. The van der Waals surface area contributed by atoms with Gasteiger partial charge in [0, 0.05) is 24.1 Å². The Bertz CT molecular complexity index is 793. The molecule has 1 atom stereocenters. The molecule has 2 fully saturated rings. The summed E-state index contributed by atoms with van der Waals surface area (Å²) in [5.41, 5.74) is 0. The van der Waals surface area contributed by atoms with E-state index in [9.17, 15) is 18.0 Å². The van der Waals surface area contributed by atoms with E-state index in [1.54, 1.807) is 17.0 Å². The van der Waals surface area contributed by atoms with Crippen molar-refractivity contribution in [3.8, 4) is 0 Å². The van der Waals surface area contributed by atoms with Gasteiger partial charge in [-0.3, -0.25) is 9.59 Å². The van der Waals surface area contributed by atoms with Crippen LogP contribution in [0.4, 0.5) is 0 Å². The molecule has 0 spiro atoms. The average molecular weight is 444 g/mol. The normalized spacial score (nSPS) is 21.3. The van der Waals surface area contributed by atoms with Crippen molar-refractivity contribution in [2.45, 2.75) is 36.6 Å². The summed E-state index contributed by atoms with van der Waals surface area (Å²) in [5, 5.41) is 0. The Morgan fingerprint density at radius 2 is 1.92 bits per heavy atom.